The van der Waals surface area contributed by atoms with Crippen LogP contribution in [0.5, 0.6) is 0 Å². The Kier molecular flexibility index (Phi) is 5.59. The van der Waals surface area contributed by atoms with Gasteiger partial charge in [-0.3, -0.25) is 4.79 Å². The highest BCUT2D eigenvalue weighted by Gasteiger charge is 2.20. The molecule has 9 nitrogen and oxygen atoms in total. The van der Waals surface area contributed by atoms with Crippen LogP contribution in [0.15, 0.2) is 35.4 Å². The Labute approximate surface area is 201 Å². The molecule has 0 bridgehead atoms. The number of fused-ring (bicyclic) bond motifs is 4. The van der Waals surface area contributed by atoms with Gasteiger partial charge in [-0.2, -0.15) is 10.2 Å². The Balaban J connectivity index is 1.45. The fourth-order valence-corrected chi connectivity index (χ4v) is 5.68. The first-order chi connectivity index (χ1) is 16.3. The van der Waals surface area contributed by atoms with Gasteiger partial charge < -0.3 is 14.1 Å². The SMILES string of the molecule is [C-]#[N+]c1nc2c(s1)c1cnn(Cc3cccc4c3cnn4COCC[Si](C)(C)C)c(=O)c1n2C. The van der Waals surface area contributed by atoms with Gasteiger partial charge >= 0.3 is 5.13 Å². The van der Waals surface area contributed by atoms with Crippen molar-refractivity contribution >= 4 is 56.7 Å². The van der Waals surface area contributed by atoms with Crippen LogP contribution in [-0.2, 0) is 25.1 Å². The van der Waals surface area contributed by atoms with Gasteiger partial charge in [-0.25, -0.2) is 9.36 Å². The van der Waals surface area contributed by atoms with E-state index >= 15 is 0 Å². The molecule has 174 valence electrons. The number of hydrogen-bond donors (Lipinski definition) is 0. The minimum absolute atomic E-state index is 0.186. The third kappa shape index (κ3) is 3.94. The summed E-state index contributed by atoms with van der Waals surface area (Å²) >= 11 is 1.28. The van der Waals surface area contributed by atoms with Crippen molar-refractivity contribution in [2.24, 2.45) is 7.05 Å². The second-order valence-electron chi connectivity index (χ2n) is 9.53. The molecular formula is C23H25N7O2SSi. The van der Waals surface area contributed by atoms with E-state index in [1.165, 1.54) is 16.0 Å². The Morgan fingerprint density at radius 2 is 1.91 bits per heavy atom. The summed E-state index contributed by atoms with van der Waals surface area (Å²) < 4.78 is 11.8. The van der Waals surface area contributed by atoms with Crippen LogP contribution in [0.4, 0.5) is 5.13 Å². The van der Waals surface area contributed by atoms with E-state index in [9.17, 15) is 4.79 Å². The molecule has 5 aromatic rings. The smallest absolute Gasteiger partial charge is 0.331 e. The maximum absolute atomic E-state index is 13.3. The first-order valence-corrected chi connectivity index (χ1v) is 15.5. The third-order valence-corrected chi connectivity index (χ3v) is 8.59. The highest BCUT2D eigenvalue weighted by molar-refractivity contribution is 7.23. The molecule has 0 spiro atoms. The molecule has 0 aliphatic rings. The van der Waals surface area contributed by atoms with Crippen LogP contribution in [0.25, 0.3) is 37.0 Å². The van der Waals surface area contributed by atoms with Crippen molar-refractivity contribution in [3.8, 4) is 0 Å². The van der Waals surface area contributed by atoms with Crippen LogP contribution in [0.2, 0.25) is 25.7 Å². The lowest BCUT2D eigenvalue weighted by atomic mass is 10.1. The van der Waals surface area contributed by atoms with Gasteiger partial charge in [-0.1, -0.05) is 43.3 Å². The average molecular weight is 492 g/mol. The van der Waals surface area contributed by atoms with Gasteiger partial charge in [0.15, 0.2) is 0 Å². The van der Waals surface area contributed by atoms with Crippen LogP contribution in [0.3, 0.4) is 0 Å². The summed E-state index contributed by atoms with van der Waals surface area (Å²) in [4.78, 5) is 21.1. The van der Waals surface area contributed by atoms with E-state index in [-0.39, 0.29) is 5.56 Å². The highest BCUT2D eigenvalue weighted by atomic mass is 32.1. The standard InChI is InChI=1S/C23H25N7O2SSi/c1-24-23-27-21-20(33-23)17-12-25-29(22(31)19(17)28(21)2)13-15-7-6-8-18-16(15)11-26-30(18)14-32-9-10-34(3,4)5/h6-8,11-12H,9-10,13-14H2,2-5H3. The molecule has 0 fully saturated rings. The zero-order valence-corrected chi connectivity index (χ0v) is 21.4. The van der Waals surface area contributed by atoms with Crippen molar-refractivity contribution < 1.29 is 4.74 Å². The maximum Gasteiger partial charge on any atom is 0.331 e. The zero-order chi connectivity index (χ0) is 24.0. The van der Waals surface area contributed by atoms with Crippen LogP contribution in [0.1, 0.15) is 5.56 Å². The Morgan fingerprint density at radius 3 is 2.68 bits per heavy atom. The average Bonchev–Trinajstić information content (AvgIpc) is 3.47. The van der Waals surface area contributed by atoms with Crippen LogP contribution in [-0.4, -0.2) is 43.8 Å². The minimum atomic E-state index is -1.14. The molecule has 0 saturated carbocycles. The van der Waals surface area contributed by atoms with Crippen molar-refractivity contribution in [1.29, 1.82) is 0 Å². The van der Waals surface area contributed by atoms with E-state index < -0.39 is 8.07 Å². The second-order valence-corrected chi connectivity index (χ2v) is 16.1. The number of benzene rings is 1. The summed E-state index contributed by atoms with van der Waals surface area (Å²) in [7, 11) is 0.665. The van der Waals surface area contributed by atoms with Gasteiger partial charge in [0.25, 0.3) is 5.56 Å². The number of aromatic nitrogens is 6. The molecule has 0 aliphatic carbocycles. The van der Waals surface area contributed by atoms with Crippen molar-refractivity contribution in [2.75, 3.05) is 6.61 Å². The van der Waals surface area contributed by atoms with E-state index in [1.807, 2.05) is 29.1 Å². The van der Waals surface area contributed by atoms with Crippen LogP contribution >= 0.6 is 11.3 Å². The first kappa shape index (κ1) is 22.5. The van der Waals surface area contributed by atoms with Gasteiger partial charge in [0.2, 0.25) is 5.65 Å². The lowest BCUT2D eigenvalue weighted by Crippen LogP contribution is -2.24. The van der Waals surface area contributed by atoms with Crippen LogP contribution in [0, 0.1) is 6.57 Å². The molecular weight excluding hydrogens is 466 g/mol. The Hall–Kier alpha value is -3.33. The topological polar surface area (TPSA) is 84.1 Å². The van der Waals surface area contributed by atoms with Gasteiger partial charge in [0.1, 0.15) is 12.2 Å². The summed E-state index contributed by atoms with van der Waals surface area (Å²) in [6.07, 6.45) is 3.52. The predicted octanol–water partition coefficient (Wildman–Crippen LogP) is 4.61. The predicted molar refractivity (Wildman–Crippen MR) is 137 cm³/mol. The Bertz CT molecular complexity index is 1630. The van der Waals surface area contributed by atoms with Gasteiger partial charge in [-0.05, 0) is 17.7 Å². The number of nitrogens with zero attached hydrogens (tertiary/aromatic N) is 7. The quantitative estimate of drug-likeness (QED) is 0.189. The maximum atomic E-state index is 13.3. The monoisotopic (exact) mass is 491 g/mol. The minimum Gasteiger partial charge on any atom is -0.360 e. The second kappa shape index (κ2) is 8.46. The summed E-state index contributed by atoms with van der Waals surface area (Å²) in [5, 5.41) is 11.0. The molecule has 0 N–H and O–H groups in total. The van der Waals surface area contributed by atoms with Gasteiger partial charge in [-0.15, -0.1) is 11.3 Å². The molecule has 11 heteroatoms. The van der Waals surface area contributed by atoms with Gasteiger partial charge in [0, 0.05) is 32.5 Å². The molecule has 0 unspecified atom stereocenters. The summed E-state index contributed by atoms with van der Waals surface area (Å²) in [6.45, 7) is 15.7. The molecule has 0 amide bonds. The van der Waals surface area contributed by atoms with E-state index in [0.29, 0.717) is 29.6 Å². The number of ether oxygens (including phenoxy) is 1. The summed E-state index contributed by atoms with van der Waals surface area (Å²) in [6, 6.07) is 7.08. The first-order valence-electron chi connectivity index (χ1n) is 11.0. The largest absolute Gasteiger partial charge is 0.360 e. The number of aryl methyl sites for hydroxylation is 1. The lowest BCUT2D eigenvalue weighted by Gasteiger charge is -2.15. The Morgan fingerprint density at radius 1 is 1.15 bits per heavy atom. The van der Waals surface area contributed by atoms with Crippen molar-refractivity contribution in [3.05, 3.63) is 57.9 Å². The van der Waals surface area contributed by atoms with Crippen molar-refractivity contribution in [3.63, 3.8) is 0 Å². The molecule has 0 atom stereocenters. The van der Waals surface area contributed by atoms with E-state index in [0.717, 1.165) is 39.2 Å². The molecule has 1 aromatic carbocycles. The van der Waals surface area contributed by atoms with E-state index in [1.54, 1.807) is 17.8 Å². The molecule has 4 heterocycles. The third-order valence-electron chi connectivity index (χ3n) is 5.92. The lowest BCUT2D eigenvalue weighted by molar-refractivity contribution is 0.0817. The number of rotatable bonds is 7. The zero-order valence-electron chi connectivity index (χ0n) is 19.6. The summed E-state index contributed by atoms with van der Waals surface area (Å²) in [5.74, 6) is 0. The van der Waals surface area contributed by atoms with Gasteiger partial charge in [0.05, 0.1) is 29.2 Å². The summed E-state index contributed by atoms with van der Waals surface area (Å²) in [5.41, 5.74) is 2.92. The molecule has 5 rings (SSSR count). The fourth-order valence-electron chi connectivity index (χ4n) is 4.03. The molecule has 4 aromatic heterocycles. The van der Waals surface area contributed by atoms with E-state index in [4.69, 9.17) is 11.3 Å². The van der Waals surface area contributed by atoms with Crippen molar-refractivity contribution in [1.82, 2.24) is 29.1 Å². The number of thiazole rings is 1. The normalized spacial score (nSPS) is 12.2. The molecule has 34 heavy (non-hydrogen) atoms. The molecule has 0 aliphatic heterocycles. The van der Waals surface area contributed by atoms with E-state index in [2.05, 4.69) is 39.7 Å². The fraction of sp³-hybridized carbons (Fsp3) is 0.348. The van der Waals surface area contributed by atoms with Crippen molar-refractivity contribution in [2.45, 2.75) is 39.0 Å². The molecule has 0 radical (unpaired) electrons. The molecule has 0 saturated heterocycles. The number of hydrogen-bond acceptors (Lipinski definition) is 6. The van der Waals surface area contributed by atoms with Crippen LogP contribution < -0.4 is 5.56 Å². The highest BCUT2D eigenvalue weighted by Crippen LogP contribution is 2.34.